The minimum atomic E-state index is -0.512. The first-order valence-electron chi connectivity index (χ1n) is 8.50. The van der Waals surface area contributed by atoms with Crippen molar-refractivity contribution in [2.45, 2.75) is 31.8 Å². The molecule has 2 aromatic rings. The average Bonchev–Trinajstić information content (AvgIpc) is 3.29. The molecule has 1 aliphatic heterocycles. The molecule has 0 spiro atoms. The van der Waals surface area contributed by atoms with Gasteiger partial charge in [0.2, 0.25) is 0 Å². The maximum absolute atomic E-state index is 12.6. The van der Waals surface area contributed by atoms with Crippen LogP contribution in [0.2, 0.25) is 0 Å². The Kier molecular flexibility index (Phi) is 5.45. The zero-order valence-electron chi connectivity index (χ0n) is 14.1. The largest absolute Gasteiger partial charge is 0.343 e. The van der Waals surface area contributed by atoms with Crippen molar-refractivity contribution < 1.29 is 14.6 Å². The second-order valence-corrected chi connectivity index (χ2v) is 7.37. The smallest absolute Gasteiger partial charge is 0.282 e. The normalized spacial score (nSPS) is 17.2. The highest BCUT2D eigenvalue weighted by Gasteiger charge is 2.34. The minimum Gasteiger partial charge on any atom is -0.343 e. The maximum atomic E-state index is 12.6. The molecule has 0 unspecified atom stereocenters. The van der Waals surface area contributed by atoms with E-state index in [1.807, 2.05) is 13.0 Å². The first-order chi connectivity index (χ1) is 12.1. The van der Waals surface area contributed by atoms with E-state index >= 15 is 0 Å². The molecule has 1 saturated heterocycles. The SMILES string of the molecule is C[C@@H](NC(=O)c1ccccc1[N+](=O)[O-])[C@@H](c1cccs1)[NH+]1CCCC1. The molecule has 1 fully saturated rings. The first-order valence-corrected chi connectivity index (χ1v) is 9.38. The highest BCUT2D eigenvalue weighted by Crippen LogP contribution is 2.22. The molecule has 3 rings (SSSR count). The zero-order valence-corrected chi connectivity index (χ0v) is 14.9. The monoisotopic (exact) mass is 360 g/mol. The molecule has 0 bridgehead atoms. The lowest BCUT2D eigenvalue weighted by Crippen LogP contribution is -3.11. The molecule has 2 atom stereocenters. The van der Waals surface area contributed by atoms with Gasteiger partial charge in [0.05, 0.1) is 28.9 Å². The molecular weight excluding hydrogens is 338 g/mol. The van der Waals surface area contributed by atoms with E-state index in [0.717, 1.165) is 13.1 Å². The number of rotatable bonds is 6. The van der Waals surface area contributed by atoms with Crippen molar-refractivity contribution in [1.82, 2.24) is 5.32 Å². The Balaban J connectivity index is 1.80. The van der Waals surface area contributed by atoms with Gasteiger partial charge in [-0.15, -0.1) is 11.3 Å². The summed E-state index contributed by atoms with van der Waals surface area (Å²) in [7, 11) is 0. The number of nitrogens with one attached hydrogen (secondary N) is 2. The van der Waals surface area contributed by atoms with Crippen LogP contribution < -0.4 is 10.2 Å². The molecule has 2 N–H and O–H groups in total. The summed E-state index contributed by atoms with van der Waals surface area (Å²) in [5, 5.41) is 16.2. The number of quaternary nitrogens is 1. The van der Waals surface area contributed by atoms with Crippen LogP contribution in [0, 0.1) is 10.1 Å². The van der Waals surface area contributed by atoms with Crippen LogP contribution in [-0.4, -0.2) is 30.0 Å². The molecule has 25 heavy (non-hydrogen) atoms. The van der Waals surface area contributed by atoms with Crippen molar-refractivity contribution in [3.63, 3.8) is 0 Å². The summed E-state index contributed by atoms with van der Waals surface area (Å²) >= 11 is 1.70. The quantitative estimate of drug-likeness (QED) is 0.612. The lowest BCUT2D eigenvalue weighted by Gasteiger charge is -2.29. The third kappa shape index (κ3) is 3.88. The standard InChI is InChI=1S/C18H21N3O3S/c1-13(17(16-9-6-12-25-16)20-10-4-5-11-20)19-18(22)14-7-2-3-8-15(14)21(23)24/h2-3,6-9,12-13,17H,4-5,10-11H2,1H3,(H,19,22)/p+1/t13-,17+/m1/s1. The van der Waals surface area contributed by atoms with Crippen molar-refractivity contribution in [2.24, 2.45) is 0 Å². The molecule has 0 radical (unpaired) electrons. The fraction of sp³-hybridized carbons (Fsp3) is 0.389. The zero-order chi connectivity index (χ0) is 17.8. The average molecular weight is 360 g/mol. The Morgan fingerprint density at radius 2 is 1.96 bits per heavy atom. The molecule has 0 aliphatic carbocycles. The Bertz CT molecular complexity index is 742. The number of carbonyl (C=O) groups is 1. The highest BCUT2D eigenvalue weighted by molar-refractivity contribution is 7.10. The van der Waals surface area contributed by atoms with Crippen LogP contribution in [0.1, 0.15) is 41.0 Å². The van der Waals surface area contributed by atoms with Crippen molar-refractivity contribution >= 4 is 22.9 Å². The number of nitro groups is 1. The summed E-state index contributed by atoms with van der Waals surface area (Å²) < 4.78 is 0. The molecule has 1 aromatic carbocycles. The van der Waals surface area contributed by atoms with Gasteiger partial charge < -0.3 is 10.2 Å². The van der Waals surface area contributed by atoms with E-state index in [0.29, 0.717) is 0 Å². The van der Waals surface area contributed by atoms with E-state index in [4.69, 9.17) is 0 Å². The summed E-state index contributed by atoms with van der Waals surface area (Å²) in [6, 6.07) is 10.3. The fourth-order valence-corrected chi connectivity index (χ4v) is 4.59. The van der Waals surface area contributed by atoms with E-state index in [-0.39, 0.29) is 29.2 Å². The second kappa shape index (κ2) is 7.76. The van der Waals surface area contributed by atoms with Gasteiger partial charge in [-0.05, 0) is 24.4 Å². The third-order valence-corrected chi connectivity index (χ3v) is 5.69. The maximum Gasteiger partial charge on any atom is 0.282 e. The van der Waals surface area contributed by atoms with E-state index in [9.17, 15) is 14.9 Å². The van der Waals surface area contributed by atoms with Gasteiger partial charge in [-0.3, -0.25) is 14.9 Å². The van der Waals surface area contributed by atoms with Crippen molar-refractivity contribution in [1.29, 1.82) is 0 Å². The molecule has 6 nitrogen and oxygen atoms in total. The number of nitrogens with zero attached hydrogens (tertiary/aromatic N) is 1. The van der Waals surface area contributed by atoms with Gasteiger partial charge in [-0.1, -0.05) is 18.2 Å². The summed E-state index contributed by atoms with van der Waals surface area (Å²) in [6.45, 7) is 4.17. The topological polar surface area (TPSA) is 76.7 Å². The Morgan fingerprint density at radius 3 is 2.60 bits per heavy atom. The van der Waals surface area contributed by atoms with Crippen LogP contribution in [0.3, 0.4) is 0 Å². The lowest BCUT2D eigenvalue weighted by atomic mass is 10.1. The Morgan fingerprint density at radius 1 is 1.24 bits per heavy atom. The van der Waals surface area contributed by atoms with Crippen molar-refractivity contribution in [3.8, 4) is 0 Å². The van der Waals surface area contributed by atoms with Crippen LogP contribution in [0.5, 0.6) is 0 Å². The van der Waals surface area contributed by atoms with E-state index in [1.165, 1.54) is 34.8 Å². The predicted molar refractivity (Wildman–Crippen MR) is 97.0 cm³/mol. The van der Waals surface area contributed by atoms with Crippen LogP contribution in [0.4, 0.5) is 5.69 Å². The predicted octanol–water partition coefficient (Wildman–Crippen LogP) is 2.19. The lowest BCUT2D eigenvalue weighted by molar-refractivity contribution is -0.920. The number of hydrogen-bond acceptors (Lipinski definition) is 4. The number of para-hydroxylation sites is 1. The number of amides is 1. The molecule has 1 aromatic heterocycles. The van der Waals surface area contributed by atoms with Crippen LogP contribution in [0.15, 0.2) is 41.8 Å². The summed E-state index contributed by atoms with van der Waals surface area (Å²) in [4.78, 5) is 26.0. The number of benzene rings is 1. The van der Waals surface area contributed by atoms with Gasteiger partial charge in [0, 0.05) is 18.9 Å². The van der Waals surface area contributed by atoms with E-state index in [2.05, 4.69) is 16.8 Å². The third-order valence-electron chi connectivity index (χ3n) is 4.74. The van der Waals surface area contributed by atoms with Gasteiger partial charge in [0.15, 0.2) is 0 Å². The van der Waals surface area contributed by atoms with Crippen LogP contribution in [-0.2, 0) is 0 Å². The molecule has 1 aliphatic rings. The Labute approximate surface area is 150 Å². The molecule has 7 heteroatoms. The second-order valence-electron chi connectivity index (χ2n) is 6.39. The van der Waals surface area contributed by atoms with Gasteiger partial charge in [-0.2, -0.15) is 0 Å². The van der Waals surface area contributed by atoms with Gasteiger partial charge in [0.25, 0.3) is 11.6 Å². The number of likely N-dealkylation sites (tertiary alicyclic amines) is 1. The number of carbonyl (C=O) groups excluding carboxylic acids is 1. The first kappa shape index (κ1) is 17.6. The molecule has 1 amide bonds. The van der Waals surface area contributed by atoms with E-state index in [1.54, 1.807) is 23.5 Å². The van der Waals surface area contributed by atoms with Gasteiger partial charge >= 0.3 is 0 Å². The molecule has 0 saturated carbocycles. The van der Waals surface area contributed by atoms with Gasteiger partial charge in [0.1, 0.15) is 11.6 Å². The summed E-state index contributed by atoms with van der Waals surface area (Å²) in [6.07, 6.45) is 2.39. The molecular formula is C18H22N3O3S+. The van der Waals surface area contributed by atoms with Crippen molar-refractivity contribution in [3.05, 3.63) is 62.3 Å². The van der Waals surface area contributed by atoms with E-state index < -0.39 is 4.92 Å². The van der Waals surface area contributed by atoms with Crippen molar-refractivity contribution in [2.75, 3.05) is 13.1 Å². The van der Waals surface area contributed by atoms with Crippen LogP contribution in [0.25, 0.3) is 0 Å². The Hall–Kier alpha value is -2.25. The number of nitro benzene ring substituents is 1. The fourth-order valence-electron chi connectivity index (χ4n) is 3.60. The minimum absolute atomic E-state index is 0.112. The highest BCUT2D eigenvalue weighted by atomic mass is 32.1. The molecule has 2 heterocycles. The number of thiophene rings is 1. The summed E-state index contributed by atoms with van der Waals surface area (Å²) in [5.41, 5.74) is -0.0471. The molecule has 132 valence electrons. The summed E-state index contributed by atoms with van der Waals surface area (Å²) in [5.74, 6) is -0.389. The number of hydrogen-bond donors (Lipinski definition) is 2. The van der Waals surface area contributed by atoms with Crippen LogP contribution >= 0.6 is 11.3 Å². The van der Waals surface area contributed by atoms with Gasteiger partial charge in [-0.25, -0.2) is 0 Å².